The summed E-state index contributed by atoms with van der Waals surface area (Å²) >= 11 is 4.09. The third kappa shape index (κ3) is 11.4. The van der Waals surface area contributed by atoms with E-state index in [1.165, 1.54) is 22.3 Å². The number of amidine groups is 1. The monoisotopic (exact) mass is 509 g/mol. The highest BCUT2D eigenvalue weighted by Gasteiger charge is 2.08. The lowest BCUT2D eigenvalue weighted by Gasteiger charge is -2.16. The van der Waals surface area contributed by atoms with Gasteiger partial charge in [0.2, 0.25) is 0 Å². The Morgan fingerprint density at radius 3 is 2.36 bits per heavy atom. The molecule has 36 heavy (non-hydrogen) atoms. The molecule has 4 nitrogen and oxygen atoms in total. The second kappa shape index (κ2) is 18.6. The number of aliphatic imine (C=N–C) groups is 1. The molecule has 2 aromatic rings. The van der Waals surface area contributed by atoms with Crippen LogP contribution >= 0.6 is 12.6 Å². The number of aryl methyl sites for hydroxylation is 2. The zero-order valence-corrected chi connectivity index (χ0v) is 24.6. The number of allylic oxidation sites excluding steroid dienone is 2. The Kier molecular flexibility index (Phi) is 17.3. The highest BCUT2D eigenvalue weighted by atomic mass is 32.1. The summed E-state index contributed by atoms with van der Waals surface area (Å²) in [5, 5.41) is 7.66. The molecule has 0 radical (unpaired) electrons. The van der Waals surface area contributed by atoms with Crippen molar-refractivity contribution < 1.29 is 4.74 Å². The summed E-state index contributed by atoms with van der Waals surface area (Å²) < 4.78 is 5.47. The number of nitrogens with one attached hydrogen (secondary N) is 1. The van der Waals surface area contributed by atoms with Crippen LogP contribution in [-0.2, 0) is 6.42 Å². The van der Waals surface area contributed by atoms with Crippen molar-refractivity contribution in [2.45, 2.75) is 60.8 Å². The van der Waals surface area contributed by atoms with E-state index in [1.54, 1.807) is 6.08 Å². The molecule has 5 heteroatoms. The van der Waals surface area contributed by atoms with Crippen LogP contribution in [0.25, 0.3) is 6.08 Å². The number of hydrogen-bond donors (Lipinski definition) is 2. The van der Waals surface area contributed by atoms with E-state index in [1.807, 2.05) is 44.2 Å². The van der Waals surface area contributed by atoms with E-state index in [2.05, 4.69) is 89.6 Å². The summed E-state index contributed by atoms with van der Waals surface area (Å²) in [6, 6.07) is 10.3. The number of nitrogens with zero attached hydrogens (tertiary/aromatic N) is 2. The molecular weight excluding hydrogens is 462 g/mol. The molecule has 2 aromatic carbocycles. The van der Waals surface area contributed by atoms with Crippen LogP contribution in [0, 0.1) is 19.3 Å². The molecule has 0 saturated heterocycles. The summed E-state index contributed by atoms with van der Waals surface area (Å²) in [4.78, 5) is 5.97. The number of benzene rings is 2. The molecule has 0 amide bonds. The normalized spacial score (nSPS) is 10.4. The number of rotatable bonds is 10. The molecule has 0 aliphatic heterocycles. The smallest absolute Gasteiger partial charge is 0.151 e. The molecule has 2 rings (SSSR count). The topological polar surface area (TPSA) is 48.7 Å². The lowest BCUT2D eigenvalue weighted by Crippen LogP contribution is -2.20. The zero-order valence-electron chi connectivity index (χ0n) is 23.7. The van der Waals surface area contributed by atoms with Gasteiger partial charge in [-0.1, -0.05) is 77.6 Å². The maximum atomic E-state index is 7.66. The number of thiol groups is 1. The highest BCUT2D eigenvalue weighted by molar-refractivity contribution is 7.80. The minimum atomic E-state index is 0.202. The molecule has 0 atom stereocenters. The Labute approximate surface area is 226 Å². The first-order valence-corrected chi connectivity index (χ1v) is 13.3. The number of ether oxygens (including phenoxy) is 1. The van der Waals surface area contributed by atoms with Gasteiger partial charge in [-0.3, -0.25) is 5.41 Å². The summed E-state index contributed by atoms with van der Waals surface area (Å²) in [6.45, 7) is 24.0. The van der Waals surface area contributed by atoms with Crippen molar-refractivity contribution in [3.8, 4) is 5.75 Å². The lowest BCUT2D eigenvalue weighted by molar-refractivity contribution is 0.357. The molecular formula is C31H47N3OS. The van der Waals surface area contributed by atoms with E-state index in [4.69, 9.17) is 10.1 Å². The molecule has 0 aromatic heterocycles. The first kappa shape index (κ1) is 33.4. The van der Waals surface area contributed by atoms with Crippen LogP contribution in [-0.4, -0.2) is 43.5 Å². The molecule has 0 aliphatic carbocycles. The Balaban J connectivity index is 0.000000637. The lowest BCUT2D eigenvalue weighted by atomic mass is 9.94. The molecule has 0 spiro atoms. The Hall–Kier alpha value is -2.63. The van der Waals surface area contributed by atoms with Crippen LogP contribution in [0.1, 0.15) is 73.9 Å². The zero-order chi connectivity index (χ0) is 27.7. The minimum Gasteiger partial charge on any atom is -0.483 e. The summed E-state index contributed by atoms with van der Waals surface area (Å²) in [5.74, 6) is 2.02. The van der Waals surface area contributed by atoms with E-state index >= 15 is 0 Å². The van der Waals surface area contributed by atoms with Crippen LogP contribution < -0.4 is 4.74 Å². The Bertz CT molecular complexity index is 996. The van der Waals surface area contributed by atoms with Gasteiger partial charge in [-0.05, 0) is 86.4 Å². The highest BCUT2D eigenvalue weighted by Crippen LogP contribution is 2.24. The number of likely N-dealkylation sites (N-methyl/N-ethyl adjacent to an activating group) is 1. The second-order valence-corrected chi connectivity index (χ2v) is 8.82. The van der Waals surface area contributed by atoms with Gasteiger partial charge < -0.3 is 9.64 Å². The quantitative estimate of drug-likeness (QED) is 0.112. The molecule has 0 fully saturated rings. The van der Waals surface area contributed by atoms with Crippen LogP contribution in [0.15, 0.2) is 54.1 Å². The van der Waals surface area contributed by atoms with Crippen molar-refractivity contribution in [3.63, 3.8) is 0 Å². The minimum absolute atomic E-state index is 0.202. The van der Waals surface area contributed by atoms with E-state index in [9.17, 15) is 0 Å². The van der Waals surface area contributed by atoms with Gasteiger partial charge in [-0.2, -0.15) is 0 Å². The van der Waals surface area contributed by atoms with Gasteiger partial charge >= 0.3 is 0 Å². The molecule has 198 valence electrons. The molecule has 0 bridgehead atoms. The van der Waals surface area contributed by atoms with Gasteiger partial charge in [0, 0.05) is 12.1 Å². The van der Waals surface area contributed by atoms with Gasteiger partial charge in [0.1, 0.15) is 11.7 Å². The fourth-order valence-corrected chi connectivity index (χ4v) is 3.61. The predicted molar refractivity (Wildman–Crippen MR) is 165 cm³/mol. The van der Waals surface area contributed by atoms with Crippen molar-refractivity contribution in [3.05, 3.63) is 82.4 Å². The molecule has 0 aliphatic rings. The Morgan fingerprint density at radius 2 is 1.83 bits per heavy atom. The van der Waals surface area contributed by atoms with E-state index < -0.39 is 0 Å². The average molecular weight is 510 g/mol. The van der Waals surface area contributed by atoms with E-state index in [-0.39, 0.29) is 5.84 Å². The summed E-state index contributed by atoms with van der Waals surface area (Å²) in [5.41, 5.74) is 7.05. The SMILES string of the molecule is C=C/C=C\c1cc(C(=N)N=C)ccc1C(C)C.CC.CCN(C)CCc1cc(C)c(OCS)cc1C. The molecule has 0 unspecified atom stereocenters. The first-order valence-electron chi connectivity index (χ1n) is 12.7. The van der Waals surface area contributed by atoms with Crippen molar-refractivity contribution in [1.82, 2.24) is 4.90 Å². The average Bonchev–Trinajstić information content (AvgIpc) is 2.89. The first-order chi connectivity index (χ1) is 17.2. The Morgan fingerprint density at radius 1 is 1.17 bits per heavy atom. The fraction of sp³-hybridized carbons (Fsp3) is 0.419. The van der Waals surface area contributed by atoms with E-state index in [0.29, 0.717) is 11.9 Å². The third-order valence-corrected chi connectivity index (χ3v) is 5.84. The molecule has 0 saturated carbocycles. The van der Waals surface area contributed by atoms with Crippen LogP contribution in [0.4, 0.5) is 0 Å². The fourth-order valence-electron chi connectivity index (χ4n) is 3.47. The number of hydrogen-bond acceptors (Lipinski definition) is 4. The third-order valence-electron chi connectivity index (χ3n) is 5.71. The van der Waals surface area contributed by atoms with Gasteiger partial charge in [0.25, 0.3) is 0 Å². The molecule has 1 N–H and O–H groups in total. The van der Waals surface area contributed by atoms with Gasteiger partial charge in [0.05, 0.1) is 0 Å². The second-order valence-electron chi connectivity index (χ2n) is 8.56. The van der Waals surface area contributed by atoms with Crippen molar-refractivity contribution in [2.24, 2.45) is 4.99 Å². The standard InChI is InChI=1S/C15H18N2.C14H23NOS.C2H6/c1-5-6-7-12-10-13(15(16)17-4)8-9-14(12)11(2)3;1-5-15(4)7-6-13-8-12(3)14(16-10-17)9-11(13)2;1-2/h5-11,16H,1,4H2,2-3H3;8-9,17H,5-7,10H2,1-4H3;1-2H3/b7-6-,16-15?;;. The van der Waals surface area contributed by atoms with Gasteiger partial charge in [-0.25, -0.2) is 4.99 Å². The van der Waals surface area contributed by atoms with Crippen LogP contribution in [0.2, 0.25) is 0 Å². The molecule has 0 heterocycles. The van der Waals surface area contributed by atoms with Crippen LogP contribution in [0.3, 0.4) is 0 Å². The van der Waals surface area contributed by atoms with Crippen LogP contribution in [0.5, 0.6) is 5.75 Å². The van der Waals surface area contributed by atoms with Crippen molar-refractivity contribution in [2.75, 3.05) is 26.1 Å². The summed E-state index contributed by atoms with van der Waals surface area (Å²) in [6.07, 6.45) is 6.74. The van der Waals surface area contributed by atoms with Crippen molar-refractivity contribution >= 4 is 31.3 Å². The largest absolute Gasteiger partial charge is 0.483 e. The predicted octanol–water partition coefficient (Wildman–Crippen LogP) is 8.13. The van der Waals surface area contributed by atoms with Crippen molar-refractivity contribution in [1.29, 1.82) is 5.41 Å². The summed E-state index contributed by atoms with van der Waals surface area (Å²) in [7, 11) is 2.15. The maximum absolute atomic E-state index is 7.66. The van der Waals surface area contributed by atoms with E-state index in [0.717, 1.165) is 36.4 Å². The van der Waals surface area contributed by atoms with Gasteiger partial charge in [-0.15, -0.1) is 12.6 Å². The van der Waals surface area contributed by atoms with Gasteiger partial charge in [0.15, 0.2) is 5.84 Å². The maximum Gasteiger partial charge on any atom is 0.151 e.